The summed E-state index contributed by atoms with van der Waals surface area (Å²) in [6, 6.07) is 7.74. The minimum absolute atomic E-state index is 0.0743. The molecule has 1 rings (SSSR count). The molecule has 0 unspecified atom stereocenters. The molecule has 0 heterocycles. The second-order valence-corrected chi connectivity index (χ2v) is 6.24. The number of benzene rings is 1. The number of nitrogens with one attached hydrogen (secondary N) is 1. The van der Waals surface area contributed by atoms with Crippen LogP contribution in [0.25, 0.3) is 0 Å². The van der Waals surface area contributed by atoms with Crippen LogP contribution in [0.15, 0.2) is 18.2 Å². The second-order valence-electron chi connectivity index (χ2n) is 6.24. The number of amides is 1. The van der Waals surface area contributed by atoms with Crippen molar-refractivity contribution in [1.82, 2.24) is 5.32 Å². The Hall–Kier alpha value is -2.55. The van der Waals surface area contributed by atoms with E-state index in [0.717, 1.165) is 11.1 Å². The fourth-order valence-electron chi connectivity index (χ4n) is 1.81. The lowest BCUT2D eigenvalue weighted by Crippen LogP contribution is -2.50. The molecule has 0 aliphatic carbocycles. The van der Waals surface area contributed by atoms with E-state index in [2.05, 4.69) is 11.4 Å². The summed E-state index contributed by atoms with van der Waals surface area (Å²) in [6.45, 7) is 8.36. The Balaban J connectivity index is 2.45. The van der Waals surface area contributed by atoms with Gasteiger partial charge in [0.15, 0.2) is 13.2 Å². The lowest BCUT2D eigenvalue weighted by atomic mass is 9.90. The predicted molar refractivity (Wildman–Crippen MR) is 89.4 cm³/mol. The van der Waals surface area contributed by atoms with Crippen LogP contribution in [-0.2, 0) is 14.3 Å². The van der Waals surface area contributed by atoms with Crippen molar-refractivity contribution in [2.75, 3.05) is 13.2 Å². The van der Waals surface area contributed by atoms with Crippen LogP contribution in [0.2, 0.25) is 0 Å². The van der Waals surface area contributed by atoms with Gasteiger partial charge in [-0.2, -0.15) is 5.26 Å². The Bertz CT molecular complexity index is 649. The highest BCUT2D eigenvalue weighted by molar-refractivity contribution is 5.81. The maximum Gasteiger partial charge on any atom is 0.344 e. The molecule has 0 saturated heterocycles. The number of carbonyl (C=O) groups excluding carboxylic acids is 2. The predicted octanol–water partition coefficient (Wildman–Crippen LogP) is 2.28. The van der Waals surface area contributed by atoms with Gasteiger partial charge in [0.2, 0.25) is 0 Å². The number of aryl methyl sites for hydroxylation is 2. The molecule has 0 spiro atoms. The van der Waals surface area contributed by atoms with Gasteiger partial charge in [-0.25, -0.2) is 4.79 Å². The molecule has 1 atom stereocenters. The van der Waals surface area contributed by atoms with E-state index >= 15 is 0 Å². The molecule has 130 valence electrons. The standard InChI is InChI=1S/C18H24N2O4/c1-12(2)18(5,11-19)20-16(21)9-24-17(22)10-23-15-8-13(3)6-7-14(15)4/h6-8,12H,9-10H2,1-5H3,(H,20,21)/t18-/m1/s1. The number of rotatable bonds is 7. The third-order valence-corrected chi connectivity index (χ3v) is 3.84. The van der Waals surface area contributed by atoms with E-state index in [1.807, 2.05) is 45.9 Å². The molecule has 1 N–H and O–H groups in total. The minimum Gasteiger partial charge on any atom is -0.482 e. The van der Waals surface area contributed by atoms with Crippen LogP contribution in [0.5, 0.6) is 5.75 Å². The summed E-state index contributed by atoms with van der Waals surface area (Å²) in [5.74, 6) is -0.634. The first-order valence-corrected chi connectivity index (χ1v) is 7.76. The molecule has 0 saturated carbocycles. The van der Waals surface area contributed by atoms with Crippen molar-refractivity contribution < 1.29 is 19.1 Å². The largest absolute Gasteiger partial charge is 0.482 e. The molecule has 1 amide bonds. The Morgan fingerprint density at radius 3 is 2.54 bits per heavy atom. The molecule has 0 aliphatic heterocycles. The van der Waals surface area contributed by atoms with Crippen LogP contribution in [0.4, 0.5) is 0 Å². The van der Waals surface area contributed by atoms with E-state index < -0.39 is 24.0 Å². The van der Waals surface area contributed by atoms with Crippen LogP contribution in [0.1, 0.15) is 31.9 Å². The molecule has 0 radical (unpaired) electrons. The molecule has 0 aliphatic rings. The first kappa shape index (κ1) is 19.5. The molecule has 0 fully saturated rings. The Labute approximate surface area is 142 Å². The van der Waals surface area contributed by atoms with Crippen molar-refractivity contribution in [3.63, 3.8) is 0 Å². The van der Waals surface area contributed by atoms with E-state index in [4.69, 9.17) is 14.7 Å². The number of ether oxygens (including phenoxy) is 2. The summed E-state index contributed by atoms with van der Waals surface area (Å²) < 4.78 is 10.3. The summed E-state index contributed by atoms with van der Waals surface area (Å²) in [5, 5.41) is 11.7. The van der Waals surface area contributed by atoms with Gasteiger partial charge >= 0.3 is 5.97 Å². The quantitative estimate of drug-likeness (QED) is 0.774. The molecule has 6 nitrogen and oxygen atoms in total. The second kappa shape index (κ2) is 8.34. The number of hydrogen-bond donors (Lipinski definition) is 1. The highest BCUT2D eigenvalue weighted by Crippen LogP contribution is 2.19. The number of nitrogens with zero attached hydrogens (tertiary/aromatic N) is 1. The van der Waals surface area contributed by atoms with Crippen LogP contribution in [-0.4, -0.2) is 30.6 Å². The Morgan fingerprint density at radius 1 is 1.29 bits per heavy atom. The zero-order chi connectivity index (χ0) is 18.3. The van der Waals surface area contributed by atoms with Gasteiger partial charge in [-0.05, 0) is 43.9 Å². The monoisotopic (exact) mass is 332 g/mol. The summed E-state index contributed by atoms with van der Waals surface area (Å²) in [7, 11) is 0. The highest BCUT2D eigenvalue weighted by Gasteiger charge is 2.30. The fourth-order valence-corrected chi connectivity index (χ4v) is 1.81. The molecular weight excluding hydrogens is 308 g/mol. The first-order valence-electron chi connectivity index (χ1n) is 7.76. The van der Waals surface area contributed by atoms with Crippen LogP contribution >= 0.6 is 0 Å². The van der Waals surface area contributed by atoms with Gasteiger partial charge in [-0.15, -0.1) is 0 Å². The number of hydrogen-bond acceptors (Lipinski definition) is 5. The van der Waals surface area contributed by atoms with E-state index in [1.165, 1.54) is 0 Å². The fraction of sp³-hybridized carbons (Fsp3) is 0.500. The van der Waals surface area contributed by atoms with Gasteiger partial charge in [-0.3, -0.25) is 4.79 Å². The average Bonchev–Trinajstić information content (AvgIpc) is 2.53. The third kappa shape index (κ3) is 5.58. The smallest absolute Gasteiger partial charge is 0.344 e. The van der Waals surface area contributed by atoms with Crippen molar-refractivity contribution in [2.24, 2.45) is 5.92 Å². The maximum atomic E-state index is 11.8. The van der Waals surface area contributed by atoms with Gasteiger partial charge < -0.3 is 14.8 Å². The first-order chi connectivity index (χ1) is 11.2. The third-order valence-electron chi connectivity index (χ3n) is 3.84. The molecule has 6 heteroatoms. The van der Waals surface area contributed by atoms with Gasteiger partial charge in [-0.1, -0.05) is 26.0 Å². The molecule has 0 aromatic heterocycles. The van der Waals surface area contributed by atoms with Gasteiger partial charge in [0.25, 0.3) is 5.91 Å². The molecule has 0 bridgehead atoms. The Morgan fingerprint density at radius 2 is 1.96 bits per heavy atom. The van der Waals surface area contributed by atoms with Crippen LogP contribution in [0, 0.1) is 31.1 Å². The van der Waals surface area contributed by atoms with E-state index in [-0.39, 0.29) is 12.5 Å². The van der Waals surface area contributed by atoms with Gasteiger partial charge in [0.1, 0.15) is 11.3 Å². The number of nitriles is 1. The van der Waals surface area contributed by atoms with E-state index in [1.54, 1.807) is 6.92 Å². The van der Waals surface area contributed by atoms with E-state index in [9.17, 15) is 9.59 Å². The Kier molecular flexibility index (Phi) is 6.78. The SMILES string of the molecule is Cc1ccc(C)c(OCC(=O)OCC(=O)N[C@](C)(C#N)C(C)C)c1. The zero-order valence-corrected chi connectivity index (χ0v) is 14.8. The van der Waals surface area contributed by atoms with Crippen LogP contribution < -0.4 is 10.1 Å². The summed E-state index contributed by atoms with van der Waals surface area (Å²) in [4.78, 5) is 23.5. The van der Waals surface area contributed by atoms with Crippen molar-refractivity contribution in [2.45, 2.75) is 40.2 Å². The summed E-state index contributed by atoms with van der Waals surface area (Å²) in [5.41, 5.74) is 0.930. The van der Waals surface area contributed by atoms with Crippen molar-refractivity contribution in [3.8, 4) is 11.8 Å². The van der Waals surface area contributed by atoms with Gasteiger partial charge in [0.05, 0.1) is 6.07 Å². The molecule has 1 aromatic carbocycles. The highest BCUT2D eigenvalue weighted by atomic mass is 16.6. The summed E-state index contributed by atoms with van der Waals surface area (Å²) in [6.07, 6.45) is 0. The lowest BCUT2D eigenvalue weighted by Gasteiger charge is -2.27. The van der Waals surface area contributed by atoms with Crippen molar-refractivity contribution in [3.05, 3.63) is 29.3 Å². The molecule has 24 heavy (non-hydrogen) atoms. The molecular formula is C18H24N2O4. The topological polar surface area (TPSA) is 88.4 Å². The van der Waals surface area contributed by atoms with Gasteiger partial charge in [0, 0.05) is 0 Å². The maximum absolute atomic E-state index is 11.8. The average molecular weight is 332 g/mol. The van der Waals surface area contributed by atoms with Crippen LogP contribution in [0.3, 0.4) is 0 Å². The zero-order valence-electron chi connectivity index (χ0n) is 14.8. The number of carbonyl (C=O) groups is 2. The van der Waals surface area contributed by atoms with E-state index in [0.29, 0.717) is 5.75 Å². The molecule has 1 aromatic rings. The normalized spacial score (nSPS) is 12.9. The minimum atomic E-state index is -1.00. The van der Waals surface area contributed by atoms with Crippen molar-refractivity contribution >= 4 is 11.9 Å². The lowest BCUT2D eigenvalue weighted by molar-refractivity contribution is -0.150. The number of esters is 1. The van der Waals surface area contributed by atoms with Crippen molar-refractivity contribution in [1.29, 1.82) is 5.26 Å². The summed E-state index contributed by atoms with van der Waals surface area (Å²) >= 11 is 0.